The highest BCUT2D eigenvalue weighted by atomic mass is 35.5. The lowest BCUT2D eigenvalue weighted by Gasteiger charge is -2.36. The predicted molar refractivity (Wildman–Crippen MR) is 127 cm³/mol. The van der Waals surface area contributed by atoms with Gasteiger partial charge in [-0.25, -0.2) is 8.42 Å². The SMILES string of the molecule is CCCC[C@@]1(CC)CN(c2ccccc2)c2cc(Cl)c(OCCC(=O)O)cc2S(=O)(=O)C1. The average Bonchev–Trinajstić information content (AvgIpc) is 2.85. The summed E-state index contributed by atoms with van der Waals surface area (Å²) >= 11 is 6.47. The van der Waals surface area contributed by atoms with Crippen LogP contribution in [0.1, 0.15) is 46.0 Å². The average molecular weight is 480 g/mol. The number of benzene rings is 2. The van der Waals surface area contributed by atoms with Gasteiger partial charge in [0.2, 0.25) is 0 Å². The first kappa shape index (κ1) is 24.4. The van der Waals surface area contributed by atoms with Crippen LogP contribution in [-0.4, -0.2) is 38.4 Å². The van der Waals surface area contributed by atoms with E-state index in [9.17, 15) is 13.2 Å². The van der Waals surface area contributed by atoms with Crippen molar-refractivity contribution < 1.29 is 23.1 Å². The number of rotatable bonds is 9. The summed E-state index contributed by atoms with van der Waals surface area (Å²) in [6, 6.07) is 12.8. The largest absolute Gasteiger partial charge is 0.491 e. The van der Waals surface area contributed by atoms with Crippen LogP contribution in [0.3, 0.4) is 0 Å². The number of halogens is 1. The molecule has 1 aliphatic heterocycles. The Kier molecular flexibility index (Phi) is 7.72. The number of carboxylic acids is 1. The Hall–Kier alpha value is -2.25. The van der Waals surface area contributed by atoms with Gasteiger partial charge >= 0.3 is 5.97 Å². The molecule has 1 atom stereocenters. The van der Waals surface area contributed by atoms with Crippen molar-refractivity contribution in [2.45, 2.75) is 50.8 Å². The molecular weight excluding hydrogens is 450 g/mol. The molecule has 8 heteroatoms. The first-order valence-corrected chi connectivity index (χ1v) is 13.0. The number of ether oxygens (including phenoxy) is 1. The number of hydrogen-bond acceptors (Lipinski definition) is 5. The summed E-state index contributed by atoms with van der Waals surface area (Å²) < 4.78 is 32.8. The Morgan fingerprint density at radius 1 is 1.22 bits per heavy atom. The van der Waals surface area contributed by atoms with Crippen molar-refractivity contribution in [1.29, 1.82) is 0 Å². The third-order valence-corrected chi connectivity index (χ3v) is 8.37. The van der Waals surface area contributed by atoms with Crippen molar-refractivity contribution in [2.24, 2.45) is 5.41 Å². The van der Waals surface area contributed by atoms with E-state index in [0.29, 0.717) is 12.2 Å². The van der Waals surface area contributed by atoms with E-state index >= 15 is 0 Å². The van der Waals surface area contributed by atoms with Crippen LogP contribution >= 0.6 is 11.6 Å². The fraction of sp³-hybridized carbons (Fsp3) is 0.458. The van der Waals surface area contributed by atoms with Crippen molar-refractivity contribution >= 4 is 38.8 Å². The van der Waals surface area contributed by atoms with Crippen molar-refractivity contribution in [3.8, 4) is 5.75 Å². The summed E-state index contributed by atoms with van der Waals surface area (Å²) in [6.45, 7) is 4.64. The molecule has 0 bridgehead atoms. The summed E-state index contributed by atoms with van der Waals surface area (Å²) in [5, 5.41) is 9.13. The molecule has 0 aliphatic carbocycles. The first-order valence-electron chi connectivity index (χ1n) is 10.9. The number of hydrogen-bond donors (Lipinski definition) is 1. The molecule has 0 saturated carbocycles. The maximum Gasteiger partial charge on any atom is 0.306 e. The van der Waals surface area contributed by atoms with E-state index in [4.69, 9.17) is 21.4 Å². The van der Waals surface area contributed by atoms with E-state index in [1.807, 2.05) is 35.2 Å². The van der Waals surface area contributed by atoms with Gasteiger partial charge < -0.3 is 14.7 Å². The monoisotopic (exact) mass is 479 g/mol. The number of carbonyl (C=O) groups is 1. The second-order valence-electron chi connectivity index (χ2n) is 8.38. The second kappa shape index (κ2) is 10.1. The number of sulfone groups is 1. The Morgan fingerprint density at radius 3 is 2.56 bits per heavy atom. The Bertz CT molecular complexity index is 1060. The maximum absolute atomic E-state index is 13.6. The molecule has 1 heterocycles. The van der Waals surface area contributed by atoms with E-state index in [1.165, 1.54) is 6.07 Å². The summed E-state index contributed by atoms with van der Waals surface area (Å²) in [5.41, 5.74) is 1.02. The highest BCUT2D eigenvalue weighted by Gasteiger charge is 2.41. The van der Waals surface area contributed by atoms with Gasteiger partial charge in [0, 0.05) is 23.7 Å². The molecule has 0 spiro atoms. The Morgan fingerprint density at radius 2 is 1.94 bits per heavy atom. The molecular formula is C24H30ClNO5S. The molecule has 0 saturated heterocycles. The van der Waals surface area contributed by atoms with Crippen molar-refractivity contribution in [1.82, 2.24) is 0 Å². The zero-order chi connectivity index (χ0) is 23.4. The minimum atomic E-state index is -3.65. The minimum absolute atomic E-state index is 0.0447. The van der Waals surface area contributed by atoms with Crippen LogP contribution in [0.4, 0.5) is 11.4 Å². The lowest BCUT2D eigenvalue weighted by Crippen LogP contribution is -2.37. The van der Waals surface area contributed by atoms with Crippen molar-refractivity contribution in [3.63, 3.8) is 0 Å². The van der Waals surface area contributed by atoms with Gasteiger partial charge in [0.05, 0.1) is 34.4 Å². The highest BCUT2D eigenvalue weighted by molar-refractivity contribution is 7.91. The van der Waals surface area contributed by atoms with Gasteiger partial charge in [0.1, 0.15) is 5.75 Å². The summed E-state index contributed by atoms with van der Waals surface area (Å²) in [4.78, 5) is 13.0. The van der Waals surface area contributed by atoms with Gasteiger partial charge in [-0.15, -0.1) is 0 Å². The van der Waals surface area contributed by atoms with Crippen LogP contribution in [0.5, 0.6) is 5.75 Å². The van der Waals surface area contributed by atoms with E-state index in [-0.39, 0.29) is 34.4 Å². The molecule has 1 N–H and O–H groups in total. The van der Waals surface area contributed by atoms with Crippen LogP contribution in [0.2, 0.25) is 5.02 Å². The molecule has 3 rings (SSSR count). The van der Waals surface area contributed by atoms with E-state index < -0.39 is 21.2 Å². The second-order valence-corrected chi connectivity index (χ2v) is 10.7. The molecule has 0 radical (unpaired) electrons. The number of aliphatic carboxylic acids is 1. The zero-order valence-corrected chi connectivity index (χ0v) is 20.1. The highest BCUT2D eigenvalue weighted by Crippen LogP contribution is 2.46. The lowest BCUT2D eigenvalue weighted by molar-refractivity contribution is -0.137. The number of para-hydroxylation sites is 1. The Balaban J connectivity index is 2.15. The Labute approximate surface area is 195 Å². The molecule has 0 fully saturated rings. The van der Waals surface area contributed by atoms with Crippen LogP contribution in [0.25, 0.3) is 0 Å². The first-order chi connectivity index (χ1) is 15.2. The van der Waals surface area contributed by atoms with Crippen molar-refractivity contribution in [3.05, 3.63) is 47.5 Å². The fourth-order valence-corrected chi connectivity index (χ4v) is 6.61. The standard InChI is InChI=1S/C24H30ClNO5S/c1-3-5-12-24(4-2)16-26(18-9-7-6-8-10-18)20-14-19(25)21(31-13-11-23(27)28)15-22(20)32(29,30)17-24/h6-10,14-15H,3-5,11-13,16-17H2,1-2H3,(H,27,28)/t24-/m0/s1. The van der Waals surface area contributed by atoms with Gasteiger partial charge in [-0.2, -0.15) is 0 Å². The van der Waals surface area contributed by atoms with Crippen LogP contribution in [0.15, 0.2) is 47.4 Å². The van der Waals surface area contributed by atoms with Gasteiger partial charge in [-0.05, 0) is 31.0 Å². The summed E-state index contributed by atoms with van der Waals surface area (Å²) in [7, 11) is -3.65. The van der Waals surface area contributed by atoms with Gasteiger partial charge in [0.15, 0.2) is 9.84 Å². The number of anilines is 2. The number of unbranched alkanes of at least 4 members (excludes halogenated alkanes) is 1. The summed E-state index contributed by atoms with van der Waals surface area (Å²) in [6.07, 6.45) is 3.29. The molecule has 6 nitrogen and oxygen atoms in total. The predicted octanol–water partition coefficient (Wildman–Crippen LogP) is 5.71. The molecule has 0 unspecified atom stereocenters. The van der Waals surface area contributed by atoms with Crippen LogP contribution in [-0.2, 0) is 14.6 Å². The third-order valence-electron chi connectivity index (χ3n) is 6.08. The molecule has 0 aromatic heterocycles. The molecule has 2 aromatic carbocycles. The maximum atomic E-state index is 13.6. The lowest BCUT2D eigenvalue weighted by atomic mass is 9.81. The third kappa shape index (κ3) is 5.38. The van der Waals surface area contributed by atoms with E-state index in [1.54, 1.807) is 6.07 Å². The number of fused-ring (bicyclic) bond motifs is 1. The normalized spacial score (nSPS) is 19.8. The van der Waals surface area contributed by atoms with Crippen LogP contribution < -0.4 is 9.64 Å². The zero-order valence-electron chi connectivity index (χ0n) is 18.5. The molecule has 174 valence electrons. The fourth-order valence-electron chi connectivity index (χ4n) is 4.22. The molecule has 2 aromatic rings. The smallest absolute Gasteiger partial charge is 0.306 e. The van der Waals surface area contributed by atoms with Gasteiger partial charge in [-0.1, -0.05) is 56.5 Å². The molecule has 1 aliphatic rings. The van der Waals surface area contributed by atoms with Crippen LogP contribution in [0, 0.1) is 5.41 Å². The van der Waals surface area contributed by atoms with E-state index in [2.05, 4.69) is 13.8 Å². The molecule has 0 amide bonds. The summed E-state index contributed by atoms with van der Waals surface area (Å²) in [5.74, 6) is -0.772. The minimum Gasteiger partial charge on any atom is -0.491 e. The quantitative estimate of drug-likeness (QED) is 0.496. The van der Waals surface area contributed by atoms with Gasteiger partial charge in [-0.3, -0.25) is 4.79 Å². The molecule has 32 heavy (non-hydrogen) atoms. The number of carboxylic acid groups (broad SMARTS) is 1. The van der Waals surface area contributed by atoms with E-state index in [0.717, 1.165) is 31.4 Å². The van der Waals surface area contributed by atoms with Crippen molar-refractivity contribution in [2.75, 3.05) is 23.8 Å². The topological polar surface area (TPSA) is 83.9 Å². The number of nitrogens with zero attached hydrogens (tertiary/aromatic N) is 1. The van der Waals surface area contributed by atoms with Gasteiger partial charge in [0.25, 0.3) is 0 Å².